The van der Waals surface area contributed by atoms with E-state index in [2.05, 4.69) is 36.4 Å². The molecule has 4 atom stereocenters. The predicted molar refractivity (Wildman–Crippen MR) is 144 cm³/mol. The van der Waals surface area contributed by atoms with Gasteiger partial charge in [-0.15, -0.1) is 11.3 Å². The van der Waals surface area contributed by atoms with Crippen LogP contribution in [0.4, 0.5) is 11.8 Å². The molecule has 196 valence electrons. The molecule has 0 saturated heterocycles. The minimum Gasteiger partial charge on any atom is -0.390 e. The van der Waals surface area contributed by atoms with Crippen molar-refractivity contribution in [3.8, 4) is 10.6 Å². The lowest BCUT2D eigenvalue weighted by Crippen LogP contribution is -2.40. The fourth-order valence-corrected chi connectivity index (χ4v) is 5.82. The third-order valence-electron chi connectivity index (χ3n) is 6.86. The topological polar surface area (TPSA) is 136 Å². The lowest BCUT2D eigenvalue weighted by molar-refractivity contribution is -0.0601. The first-order valence-electron chi connectivity index (χ1n) is 12.4. The lowest BCUT2D eigenvalue weighted by atomic mass is 9.88. The van der Waals surface area contributed by atoms with E-state index in [4.69, 9.17) is 15.0 Å². The Morgan fingerprint density at radius 2 is 1.75 bits per heavy atom. The smallest absolute Gasteiger partial charge is 0.224 e. The molecule has 0 radical (unpaired) electrons. The number of rotatable bonds is 7. The van der Waals surface area contributed by atoms with Crippen molar-refractivity contribution >= 4 is 33.3 Å². The van der Waals surface area contributed by atoms with Crippen LogP contribution in [0.3, 0.4) is 0 Å². The van der Waals surface area contributed by atoms with Crippen LogP contribution < -0.4 is 10.6 Å². The third kappa shape index (κ3) is 5.61. The van der Waals surface area contributed by atoms with Crippen molar-refractivity contribution in [2.24, 2.45) is 11.3 Å². The highest BCUT2D eigenvalue weighted by Crippen LogP contribution is 2.40. The number of aromatic nitrogens is 4. The Morgan fingerprint density at radius 3 is 2.36 bits per heavy atom. The first kappa shape index (κ1) is 26.7. The number of hydrogen-bond acceptors (Lipinski definition) is 10. The van der Waals surface area contributed by atoms with E-state index in [-0.39, 0.29) is 5.41 Å². The predicted octanol–water partition coefficient (Wildman–Crippen LogP) is 3.91. The standard InChI is InChI=1S/C26H38N6O3S/c1-13-18(23-31-19-14(2)27-10-8-17(19)36-23)22(32-24(29-13)28-11-9-25(3,4)5)30-16-12-15(26(6,7)35)20(33)21(16)34/h8,10,15-16,20-21,33-35H,9,11-12H2,1-7H3,(H2,28,29,30,32)/t15-,16+,20+,21-/m0/s1. The van der Waals surface area contributed by atoms with Gasteiger partial charge in [0.05, 0.1) is 39.4 Å². The molecule has 1 saturated carbocycles. The molecule has 0 bridgehead atoms. The molecule has 0 aromatic carbocycles. The normalized spacial score (nSPS) is 22.8. The largest absolute Gasteiger partial charge is 0.390 e. The molecular weight excluding hydrogens is 476 g/mol. The summed E-state index contributed by atoms with van der Waals surface area (Å²) in [7, 11) is 0. The number of nitrogens with zero attached hydrogens (tertiary/aromatic N) is 4. The van der Waals surface area contributed by atoms with E-state index >= 15 is 0 Å². The van der Waals surface area contributed by atoms with Gasteiger partial charge in [0, 0.05) is 18.7 Å². The second-order valence-corrected chi connectivity index (χ2v) is 12.6. The molecule has 3 aromatic heterocycles. The number of fused-ring (bicyclic) bond motifs is 1. The highest BCUT2D eigenvalue weighted by Gasteiger charge is 2.48. The van der Waals surface area contributed by atoms with Crippen LogP contribution in [0.1, 0.15) is 58.8 Å². The van der Waals surface area contributed by atoms with Gasteiger partial charge in [-0.2, -0.15) is 4.98 Å². The van der Waals surface area contributed by atoms with Crippen LogP contribution in [-0.2, 0) is 0 Å². The van der Waals surface area contributed by atoms with Crippen LogP contribution >= 0.6 is 11.3 Å². The van der Waals surface area contributed by atoms with Gasteiger partial charge in [0.25, 0.3) is 0 Å². The van der Waals surface area contributed by atoms with Gasteiger partial charge in [-0.1, -0.05) is 20.8 Å². The SMILES string of the molecule is Cc1nc(NCCC(C)(C)C)nc(N[C@@H]2C[C@H](C(C)(C)O)[C@@H](O)[C@H]2O)c1-c1nc2c(C)nccc2s1. The Balaban J connectivity index is 1.73. The van der Waals surface area contributed by atoms with Crippen molar-refractivity contribution in [1.82, 2.24) is 19.9 Å². The zero-order valence-corrected chi connectivity index (χ0v) is 22.9. The highest BCUT2D eigenvalue weighted by atomic mass is 32.1. The van der Waals surface area contributed by atoms with E-state index < -0.39 is 29.8 Å². The van der Waals surface area contributed by atoms with E-state index in [0.717, 1.165) is 45.1 Å². The summed E-state index contributed by atoms with van der Waals surface area (Å²) < 4.78 is 1.02. The molecule has 3 aromatic rings. The summed E-state index contributed by atoms with van der Waals surface area (Å²) in [6.45, 7) is 14.5. The minimum atomic E-state index is -1.13. The van der Waals surface area contributed by atoms with Gasteiger partial charge >= 0.3 is 0 Å². The summed E-state index contributed by atoms with van der Waals surface area (Å²) in [5, 5.41) is 39.5. The molecule has 3 heterocycles. The van der Waals surface area contributed by atoms with Crippen LogP contribution in [0.2, 0.25) is 0 Å². The molecule has 0 spiro atoms. The minimum absolute atomic E-state index is 0.173. The number of hydrogen-bond donors (Lipinski definition) is 5. The van der Waals surface area contributed by atoms with Gasteiger partial charge in [0.15, 0.2) is 0 Å². The first-order chi connectivity index (χ1) is 16.7. The highest BCUT2D eigenvalue weighted by molar-refractivity contribution is 7.21. The molecule has 5 N–H and O–H groups in total. The van der Waals surface area contributed by atoms with E-state index in [1.807, 2.05) is 19.9 Å². The average molecular weight is 515 g/mol. The summed E-state index contributed by atoms with van der Waals surface area (Å²) in [6, 6.07) is 1.45. The fraction of sp³-hybridized carbons (Fsp3) is 0.615. The van der Waals surface area contributed by atoms with Crippen LogP contribution in [0.25, 0.3) is 20.8 Å². The Bertz CT molecular complexity index is 1230. The molecule has 1 fully saturated rings. The van der Waals surface area contributed by atoms with Gasteiger partial charge in [-0.25, -0.2) is 9.97 Å². The monoisotopic (exact) mass is 514 g/mol. The van der Waals surface area contributed by atoms with Crippen LogP contribution in [0, 0.1) is 25.2 Å². The molecule has 0 unspecified atom stereocenters. The van der Waals surface area contributed by atoms with Crippen molar-refractivity contribution < 1.29 is 15.3 Å². The molecule has 0 aliphatic heterocycles. The molecule has 36 heavy (non-hydrogen) atoms. The van der Waals surface area contributed by atoms with Crippen molar-refractivity contribution in [3.05, 3.63) is 23.7 Å². The average Bonchev–Trinajstić information content (AvgIpc) is 3.30. The van der Waals surface area contributed by atoms with Gasteiger partial charge in [-0.05, 0) is 52.0 Å². The maximum absolute atomic E-state index is 10.8. The zero-order valence-electron chi connectivity index (χ0n) is 22.1. The Labute approximate surface area is 216 Å². The van der Waals surface area contributed by atoms with Crippen molar-refractivity contribution in [2.75, 3.05) is 17.2 Å². The van der Waals surface area contributed by atoms with Crippen LogP contribution in [0.5, 0.6) is 0 Å². The number of pyridine rings is 1. The summed E-state index contributed by atoms with van der Waals surface area (Å²) in [5.41, 5.74) is 2.25. The maximum Gasteiger partial charge on any atom is 0.224 e. The fourth-order valence-electron chi connectivity index (χ4n) is 4.71. The Hall–Kier alpha value is -2.40. The van der Waals surface area contributed by atoms with Crippen LogP contribution in [0.15, 0.2) is 12.3 Å². The second kappa shape index (κ2) is 9.81. The van der Waals surface area contributed by atoms with Crippen molar-refractivity contribution in [1.29, 1.82) is 0 Å². The number of anilines is 2. The molecule has 0 amide bonds. The number of aliphatic hydroxyl groups excluding tert-OH is 2. The summed E-state index contributed by atoms with van der Waals surface area (Å²) >= 11 is 1.54. The van der Waals surface area contributed by atoms with Crippen molar-refractivity contribution in [2.45, 2.75) is 85.2 Å². The molecule has 1 aliphatic carbocycles. The number of nitrogens with one attached hydrogen (secondary N) is 2. The lowest BCUT2D eigenvalue weighted by Gasteiger charge is -2.28. The summed E-state index contributed by atoms with van der Waals surface area (Å²) in [5.74, 6) is 0.559. The van der Waals surface area contributed by atoms with Gasteiger partial charge < -0.3 is 26.0 Å². The summed E-state index contributed by atoms with van der Waals surface area (Å²) in [6.07, 6.45) is 1.02. The van der Waals surface area contributed by atoms with E-state index in [1.165, 1.54) is 0 Å². The van der Waals surface area contributed by atoms with E-state index in [9.17, 15) is 15.3 Å². The number of thiazole rings is 1. The summed E-state index contributed by atoms with van der Waals surface area (Å²) in [4.78, 5) is 18.7. The van der Waals surface area contributed by atoms with E-state index in [0.29, 0.717) is 18.2 Å². The Kier molecular flexibility index (Phi) is 7.27. The van der Waals surface area contributed by atoms with Gasteiger partial charge in [0.1, 0.15) is 22.4 Å². The molecule has 4 rings (SSSR count). The van der Waals surface area contributed by atoms with Crippen LogP contribution in [-0.4, -0.2) is 65.7 Å². The molecule has 10 heteroatoms. The molecule has 9 nitrogen and oxygen atoms in total. The third-order valence-corrected chi connectivity index (χ3v) is 7.90. The van der Waals surface area contributed by atoms with Gasteiger partial charge in [0.2, 0.25) is 5.95 Å². The maximum atomic E-state index is 10.8. The molecular formula is C26H38N6O3S. The second-order valence-electron chi connectivity index (χ2n) is 11.6. The van der Waals surface area contributed by atoms with Gasteiger partial charge in [-0.3, -0.25) is 4.98 Å². The molecule has 1 aliphatic rings. The quantitative estimate of drug-likeness (QED) is 0.318. The Morgan fingerprint density at radius 1 is 1.03 bits per heavy atom. The zero-order chi connectivity index (χ0) is 26.4. The van der Waals surface area contributed by atoms with Crippen molar-refractivity contribution in [3.63, 3.8) is 0 Å². The number of aliphatic hydroxyl groups is 3. The first-order valence-corrected chi connectivity index (χ1v) is 13.3. The van der Waals surface area contributed by atoms with E-state index in [1.54, 1.807) is 31.4 Å². The number of aryl methyl sites for hydroxylation is 2.